The molecule has 0 atom stereocenters. The maximum Gasteiger partial charge on any atom is 0.251 e. The Bertz CT molecular complexity index is 722. The maximum absolute atomic E-state index is 12.0. The summed E-state index contributed by atoms with van der Waals surface area (Å²) in [5.74, 6) is 0.796. The molecule has 0 aliphatic rings. The van der Waals surface area contributed by atoms with E-state index in [0.29, 0.717) is 34.3 Å². The Morgan fingerprint density at radius 2 is 1.92 bits per heavy atom. The molecule has 0 aliphatic carbocycles. The number of amides is 2. The number of benzene rings is 2. The second-order valence-corrected chi connectivity index (χ2v) is 6.53. The number of hydrogen-bond donors (Lipinski definition) is 2. The topological polar surface area (TPSA) is 58.2 Å². The van der Waals surface area contributed by atoms with Gasteiger partial charge in [-0.05, 0) is 42.8 Å². The van der Waals surface area contributed by atoms with E-state index >= 15 is 0 Å². The van der Waals surface area contributed by atoms with Gasteiger partial charge in [0.1, 0.15) is 0 Å². The Labute approximate surface area is 151 Å². The summed E-state index contributed by atoms with van der Waals surface area (Å²) in [6, 6.07) is 14.5. The molecular formula is C18H19ClN2O2S. The molecule has 2 aromatic rings. The summed E-state index contributed by atoms with van der Waals surface area (Å²) in [5, 5.41) is 6.24. The minimum absolute atomic E-state index is 0.102. The maximum atomic E-state index is 12.0. The van der Waals surface area contributed by atoms with E-state index in [0.717, 1.165) is 5.56 Å². The minimum atomic E-state index is -0.149. The molecule has 0 heterocycles. The lowest BCUT2D eigenvalue weighted by molar-refractivity contribution is -0.113. The first-order chi connectivity index (χ1) is 11.6. The highest BCUT2D eigenvalue weighted by molar-refractivity contribution is 7.99. The third-order valence-electron chi connectivity index (χ3n) is 3.14. The van der Waals surface area contributed by atoms with E-state index in [2.05, 4.69) is 10.6 Å². The van der Waals surface area contributed by atoms with E-state index in [4.69, 9.17) is 11.6 Å². The van der Waals surface area contributed by atoms with Gasteiger partial charge in [-0.2, -0.15) is 0 Å². The Morgan fingerprint density at radius 3 is 2.67 bits per heavy atom. The molecule has 0 fully saturated rings. The lowest BCUT2D eigenvalue weighted by Gasteiger charge is -2.08. The molecule has 0 spiro atoms. The van der Waals surface area contributed by atoms with Crippen LogP contribution >= 0.6 is 23.4 Å². The Hall–Kier alpha value is -1.98. The van der Waals surface area contributed by atoms with Crippen LogP contribution in [-0.4, -0.2) is 24.1 Å². The molecule has 2 amide bonds. The molecule has 6 heteroatoms. The van der Waals surface area contributed by atoms with Gasteiger partial charge in [-0.1, -0.05) is 29.8 Å². The summed E-state index contributed by atoms with van der Waals surface area (Å²) < 4.78 is 0. The van der Waals surface area contributed by atoms with Gasteiger partial charge in [-0.3, -0.25) is 9.59 Å². The molecular weight excluding hydrogens is 344 g/mol. The van der Waals surface area contributed by atoms with Crippen LogP contribution in [0.1, 0.15) is 22.8 Å². The van der Waals surface area contributed by atoms with E-state index in [1.54, 1.807) is 24.3 Å². The van der Waals surface area contributed by atoms with E-state index in [1.807, 2.05) is 31.2 Å². The summed E-state index contributed by atoms with van der Waals surface area (Å²) >= 11 is 7.45. The van der Waals surface area contributed by atoms with Crippen molar-refractivity contribution in [1.29, 1.82) is 0 Å². The van der Waals surface area contributed by atoms with Crippen molar-refractivity contribution in [1.82, 2.24) is 5.32 Å². The number of anilines is 1. The van der Waals surface area contributed by atoms with Crippen LogP contribution in [0.2, 0.25) is 5.02 Å². The monoisotopic (exact) mass is 362 g/mol. The molecule has 0 aliphatic heterocycles. The Morgan fingerprint density at radius 1 is 1.12 bits per heavy atom. The first-order valence-corrected chi connectivity index (χ1v) is 9.12. The fourth-order valence-electron chi connectivity index (χ4n) is 2.09. The third kappa shape index (κ3) is 5.91. The second kappa shape index (κ2) is 9.35. The molecule has 0 radical (unpaired) electrons. The average molecular weight is 363 g/mol. The van der Waals surface area contributed by atoms with E-state index in [1.165, 1.54) is 11.8 Å². The van der Waals surface area contributed by atoms with Crippen LogP contribution in [0.4, 0.5) is 5.69 Å². The number of carbonyl (C=O) groups is 2. The van der Waals surface area contributed by atoms with Gasteiger partial charge >= 0.3 is 0 Å². The Balaban J connectivity index is 1.84. The fourth-order valence-corrected chi connectivity index (χ4v) is 3.07. The van der Waals surface area contributed by atoms with Crippen LogP contribution in [0.15, 0.2) is 48.5 Å². The molecule has 2 rings (SSSR count). The first kappa shape index (κ1) is 18.4. The number of carbonyl (C=O) groups excluding carboxylic acids is 2. The van der Waals surface area contributed by atoms with Crippen LogP contribution in [-0.2, 0) is 10.5 Å². The molecule has 0 bridgehead atoms. The summed E-state index contributed by atoms with van der Waals surface area (Å²) in [4.78, 5) is 23.8. The molecule has 2 N–H and O–H groups in total. The minimum Gasteiger partial charge on any atom is -0.352 e. The number of hydrogen-bond acceptors (Lipinski definition) is 3. The molecule has 126 valence electrons. The van der Waals surface area contributed by atoms with Crippen molar-refractivity contribution in [2.24, 2.45) is 0 Å². The van der Waals surface area contributed by atoms with Gasteiger partial charge in [0.05, 0.1) is 5.75 Å². The average Bonchev–Trinajstić information content (AvgIpc) is 2.55. The van der Waals surface area contributed by atoms with Crippen molar-refractivity contribution >= 4 is 40.9 Å². The zero-order valence-electron chi connectivity index (χ0n) is 13.3. The van der Waals surface area contributed by atoms with Gasteiger partial charge in [0, 0.05) is 28.6 Å². The van der Waals surface area contributed by atoms with Crippen LogP contribution in [0.3, 0.4) is 0 Å². The van der Waals surface area contributed by atoms with Gasteiger partial charge in [0.25, 0.3) is 5.91 Å². The van der Waals surface area contributed by atoms with Gasteiger partial charge in [0.15, 0.2) is 0 Å². The van der Waals surface area contributed by atoms with Crippen LogP contribution in [0.5, 0.6) is 0 Å². The molecule has 24 heavy (non-hydrogen) atoms. The van der Waals surface area contributed by atoms with Crippen molar-refractivity contribution in [3.05, 3.63) is 64.7 Å². The Kier molecular flexibility index (Phi) is 7.15. The van der Waals surface area contributed by atoms with Crippen molar-refractivity contribution in [3.63, 3.8) is 0 Å². The SMILES string of the molecule is CCNC(=O)c1cccc(NC(=O)CSCc2cccc(Cl)c2)c1. The standard InChI is InChI=1S/C18H19ClN2O2S/c1-2-20-18(23)14-6-4-8-16(10-14)21-17(22)12-24-11-13-5-3-7-15(19)9-13/h3-10H,2,11-12H2,1H3,(H,20,23)(H,21,22). The van der Waals surface area contributed by atoms with Crippen molar-refractivity contribution in [2.75, 3.05) is 17.6 Å². The third-order valence-corrected chi connectivity index (χ3v) is 4.38. The number of nitrogens with one attached hydrogen (secondary N) is 2. The van der Waals surface area contributed by atoms with Crippen LogP contribution in [0, 0.1) is 0 Å². The zero-order chi connectivity index (χ0) is 17.4. The van der Waals surface area contributed by atoms with Gasteiger partial charge in [-0.25, -0.2) is 0 Å². The second-order valence-electron chi connectivity index (χ2n) is 5.11. The lowest BCUT2D eigenvalue weighted by atomic mass is 10.2. The van der Waals surface area contributed by atoms with Gasteiger partial charge < -0.3 is 10.6 Å². The highest BCUT2D eigenvalue weighted by Gasteiger charge is 2.07. The summed E-state index contributed by atoms with van der Waals surface area (Å²) in [6.45, 7) is 2.43. The van der Waals surface area contributed by atoms with Crippen molar-refractivity contribution in [2.45, 2.75) is 12.7 Å². The van der Waals surface area contributed by atoms with Crippen LogP contribution < -0.4 is 10.6 Å². The normalized spacial score (nSPS) is 10.2. The highest BCUT2D eigenvalue weighted by atomic mass is 35.5. The van der Waals surface area contributed by atoms with E-state index in [9.17, 15) is 9.59 Å². The predicted molar refractivity (Wildman–Crippen MR) is 101 cm³/mol. The fraction of sp³-hybridized carbons (Fsp3) is 0.222. The van der Waals surface area contributed by atoms with E-state index in [-0.39, 0.29) is 11.8 Å². The molecule has 4 nitrogen and oxygen atoms in total. The molecule has 2 aromatic carbocycles. The number of rotatable bonds is 7. The number of thioether (sulfide) groups is 1. The van der Waals surface area contributed by atoms with Crippen LogP contribution in [0.25, 0.3) is 0 Å². The first-order valence-electron chi connectivity index (χ1n) is 7.59. The van der Waals surface area contributed by atoms with Gasteiger partial charge in [-0.15, -0.1) is 11.8 Å². The summed E-state index contributed by atoms with van der Waals surface area (Å²) in [6.07, 6.45) is 0. The van der Waals surface area contributed by atoms with E-state index < -0.39 is 0 Å². The molecule has 0 saturated carbocycles. The number of halogens is 1. The predicted octanol–water partition coefficient (Wildman–Crippen LogP) is 3.96. The summed E-state index contributed by atoms with van der Waals surface area (Å²) in [7, 11) is 0. The zero-order valence-corrected chi connectivity index (χ0v) is 14.9. The smallest absolute Gasteiger partial charge is 0.251 e. The highest BCUT2D eigenvalue weighted by Crippen LogP contribution is 2.17. The molecule has 0 aromatic heterocycles. The lowest BCUT2D eigenvalue weighted by Crippen LogP contribution is -2.23. The van der Waals surface area contributed by atoms with Crippen molar-refractivity contribution < 1.29 is 9.59 Å². The largest absolute Gasteiger partial charge is 0.352 e. The van der Waals surface area contributed by atoms with Gasteiger partial charge in [0.2, 0.25) is 5.91 Å². The molecule has 0 unspecified atom stereocenters. The quantitative estimate of drug-likeness (QED) is 0.783. The molecule has 0 saturated heterocycles. The van der Waals surface area contributed by atoms with Crippen molar-refractivity contribution in [3.8, 4) is 0 Å². The summed E-state index contributed by atoms with van der Waals surface area (Å²) in [5.41, 5.74) is 2.23.